The molecule has 0 spiro atoms. The highest BCUT2D eigenvalue weighted by molar-refractivity contribution is 7.92. The number of aryl methyl sites for hydroxylation is 3. The first-order valence-electron chi connectivity index (χ1n) is 13.7. The van der Waals surface area contributed by atoms with Gasteiger partial charge in [-0.15, -0.1) is 0 Å². The summed E-state index contributed by atoms with van der Waals surface area (Å²) in [5.41, 5.74) is 4.07. The summed E-state index contributed by atoms with van der Waals surface area (Å²) < 4.78 is 29.0. The average molecular weight is 564 g/mol. The van der Waals surface area contributed by atoms with E-state index in [0.717, 1.165) is 26.6 Å². The van der Waals surface area contributed by atoms with Gasteiger partial charge in [0, 0.05) is 13.1 Å². The van der Waals surface area contributed by atoms with E-state index in [1.54, 1.807) is 30.3 Å². The number of anilines is 1. The number of benzene rings is 3. The molecule has 0 aromatic heterocycles. The Kier molecular flexibility index (Phi) is 10.5. The van der Waals surface area contributed by atoms with Gasteiger partial charge in [-0.2, -0.15) is 0 Å². The lowest BCUT2D eigenvalue weighted by Crippen LogP contribution is -2.52. The summed E-state index contributed by atoms with van der Waals surface area (Å²) >= 11 is 0. The van der Waals surface area contributed by atoms with Gasteiger partial charge in [0.2, 0.25) is 11.8 Å². The Morgan fingerprint density at radius 2 is 1.50 bits per heavy atom. The van der Waals surface area contributed by atoms with E-state index in [4.69, 9.17) is 0 Å². The van der Waals surface area contributed by atoms with Gasteiger partial charge >= 0.3 is 0 Å². The Balaban J connectivity index is 2.07. The third kappa shape index (κ3) is 7.94. The van der Waals surface area contributed by atoms with Gasteiger partial charge in [-0.25, -0.2) is 8.42 Å². The highest BCUT2D eigenvalue weighted by atomic mass is 32.2. The number of nitrogens with zero attached hydrogens (tertiary/aromatic N) is 2. The lowest BCUT2D eigenvalue weighted by molar-refractivity contribution is -0.140. The first-order valence-corrected chi connectivity index (χ1v) is 15.1. The summed E-state index contributed by atoms with van der Waals surface area (Å²) in [5.74, 6) is -0.453. The topological polar surface area (TPSA) is 86.8 Å². The van der Waals surface area contributed by atoms with Crippen molar-refractivity contribution < 1.29 is 18.0 Å². The molecule has 0 heterocycles. The van der Waals surface area contributed by atoms with E-state index in [1.165, 1.54) is 17.0 Å². The molecule has 1 unspecified atom stereocenters. The second-order valence-electron chi connectivity index (χ2n) is 10.7. The molecule has 0 aliphatic heterocycles. The molecule has 1 N–H and O–H groups in total. The van der Waals surface area contributed by atoms with Gasteiger partial charge in [0.1, 0.15) is 12.6 Å². The van der Waals surface area contributed by atoms with Crippen LogP contribution in [0, 0.1) is 26.7 Å². The molecule has 8 heteroatoms. The number of rotatable bonds is 12. The molecule has 3 rings (SSSR count). The van der Waals surface area contributed by atoms with E-state index in [0.29, 0.717) is 18.7 Å². The van der Waals surface area contributed by atoms with Crippen LogP contribution < -0.4 is 9.62 Å². The Hall–Kier alpha value is -3.65. The summed E-state index contributed by atoms with van der Waals surface area (Å²) in [4.78, 5) is 29.1. The van der Waals surface area contributed by atoms with Crippen molar-refractivity contribution in [1.82, 2.24) is 10.2 Å². The number of nitrogens with one attached hydrogen (secondary N) is 1. The fraction of sp³-hybridized carbons (Fsp3) is 0.375. The van der Waals surface area contributed by atoms with Crippen molar-refractivity contribution in [3.63, 3.8) is 0 Å². The molecule has 214 valence electrons. The lowest BCUT2D eigenvalue weighted by Gasteiger charge is -2.33. The Morgan fingerprint density at radius 3 is 2.08 bits per heavy atom. The number of hydrogen-bond donors (Lipinski definition) is 1. The zero-order valence-corrected chi connectivity index (χ0v) is 25.2. The molecule has 0 aliphatic carbocycles. The third-order valence-corrected chi connectivity index (χ3v) is 8.40. The van der Waals surface area contributed by atoms with Crippen LogP contribution in [0.25, 0.3) is 0 Å². The van der Waals surface area contributed by atoms with Gasteiger partial charge in [0.15, 0.2) is 0 Å². The zero-order valence-electron chi connectivity index (χ0n) is 24.3. The maximum absolute atomic E-state index is 14.1. The number of carbonyl (C=O) groups is 2. The molecule has 0 saturated carbocycles. The molecule has 2 amide bonds. The summed E-state index contributed by atoms with van der Waals surface area (Å²) in [6.07, 6.45) is 0.385. The minimum Gasteiger partial charge on any atom is -0.354 e. The largest absolute Gasteiger partial charge is 0.354 e. The van der Waals surface area contributed by atoms with Crippen LogP contribution in [0.3, 0.4) is 0 Å². The van der Waals surface area contributed by atoms with Crippen molar-refractivity contribution in [2.45, 2.75) is 65.4 Å². The summed E-state index contributed by atoms with van der Waals surface area (Å²) in [6.45, 7) is 11.8. The van der Waals surface area contributed by atoms with Crippen molar-refractivity contribution in [3.05, 3.63) is 95.1 Å². The Bertz CT molecular complexity index is 1400. The molecule has 7 nitrogen and oxygen atoms in total. The second-order valence-corrected chi connectivity index (χ2v) is 12.6. The monoisotopic (exact) mass is 563 g/mol. The minimum atomic E-state index is -4.08. The third-order valence-electron chi connectivity index (χ3n) is 6.61. The quantitative estimate of drug-likeness (QED) is 0.320. The standard InChI is InChI=1S/C32H41N3O4S/c1-7-30(32(37)33-20-23(2)3)34(21-27-13-11-12-24(4)17-27)31(36)22-35(28-18-25(5)16-26(6)19-28)40(38,39)29-14-9-8-10-15-29/h8-19,23,30H,7,20-22H2,1-6H3,(H,33,37). The first-order chi connectivity index (χ1) is 18.9. The fourth-order valence-electron chi connectivity index (χ4n) is 4.69. The van der Waals surface area contributed by atoms with E-state index < -0.39 is 28.5 Å². The Labute approximate surface area is 239 Å². The number of carbonyl (C=O) groups excluding carboxylic acids is 2. The van der Waals surface area contributed by atoms with Gasteiger partial charge in [0.05, 0.1) is 10.6 Å². The second kappa shape index (κ2) is 13.6. The van der Waals surface area contributed by atoms with Crippen molar-refractivity contribution in [2.24, 2.45) is 5.92 Å². The summed E-state index contributed by atoms with van der Waals surface area (Å²) in [7, 11) is -4.08. The lowest BCUT2D eigenvalue weighted by atomic mass is 10.1. The van der Waals surface area contributed by atoms with Gasteiger partial charge in [-0.05, 0) is 74.1 Å². The Morgan fingerprint density at radius 1 is 0.850 bits per heavy atom. The average Bonchev–Trinajstić information content (AvgIpc) is 2.90. The van der Waals surface area contributed by atoms with Crippen molar-refractivity contribution in [2.75, 3.05) is 17.4 Å². The highest BCUT2D eigenvalue weighted by Gasteiger charge is 2.33. The molecule has 0 aliphatic rings. The highest BCUT2D eigenvalue weighted by Crippen LogP contribution is 2.27. The predicted octanol–water partition coefficient (Wildman–Crippen LogP) is 5.39. The summed E-state index contributed by atoms with van der Waals surface area (Å²) in [6, 6.07) is 20.6. The van der Waals surface area contributed by atoms with Crippen LogP contribution in [0.15, 0.2) is 77.7 Å². The van der Waals surface area contributed by atoms with E-state index in [2.05, 4.69) is 5.32 Å². The van der Waals surface area contributed by atoms with Gasteiger partial charge in [0.25, 0.3) is 10.0 Å². The SMILES string of the molecule is CCC(C(=O)NCC(C)C)N(Cc1cccc(C)c1)C(=O)CN(c1cc(C)cc(C)c1)S(=O)(=O)c1ccccc1. The minimum absolute atomic E-state index is 0.0916. The molecule has 3 aromatic carbocycles. The number of hydrogen-bond acceptors (Lipinski definition) is 4. The summed E-state index contributed by atoms with van der Waals surface area (Å²) in [5, 5.41) is 2.96. The molecule has 0 bridgehead atoms. The number of sulfonamides is 1. The maximum atomic E-state index is 14.1. The number of amides is 2. The van der Waals surface area contributed by atoms with Gasteiger partial charge in [-0.3, -0.25) is 13.9 Å². The van der Waals surface area contributed by atoms with Crippen LogP contribution in [0.5, 0.6) is 0 Å². The van der Waals surface area contributed by atoms with Crippen LogP contribution in [-0.2, 0) is 26.2 Å². The van der Waals surface area contributed by atoms with Crippen LogP contribution >= 0.6 is 0 Å². The van der Waals surface area contributed by atoms with Crippen LogP contribution in [-0.4, -0.2) is 44.3 Å². The van der Waals surface area contributed by atoms with Gasteiger partial charge < -0.3 is 10.2 Å². The molecular formula is C32H41N3O4S. The van der Waals surface area contributed by atoms with E-state index in [1.807, 2.05) is 71.9 Å². The molecule has 0 saturated heterocycles. The first kappa shape index (κ1) is 30.9. The van der Waals surface area contributed by atoms with Crippen LogP contribution in [0.2, 0.25) is 0 Å². The van der Waals surface area contributed by atoms with E-state index in [-0.39, 0.29) is 23.3 Å². The van der Waals surface area contributed by atoms with Crippen LogP contribution in [0.4, 0.5) is 5.69 Å². The normalized spacial score (nSPS) is 12.2. The van der Waals surface area contributed by atoms with E-state index >= 15 is 0 Å². The van der Waals surface area contributed by atoms with Crippen molar-refractivity contribution in [1.29, 1.82) is 0 Å². The molecule has 0 fully saturated rings. The molecule has 0 radical (unpaired) electrons. The fourth-order valence-corrected chi connectivity index (χ4v) is 6.11. The molecule has 1 atom stereocenters. The maximum Gasteiger partial charge on any atom is 0.264 e. The van der Waals surface area contributed by atoms with Crippen molar-refractivity contribution in [3.8, 4) is 0 Å². The molecule has 3 aromatic rings. The smallest absolute Gasteiger partial charge is 0.264 e. The van der Waals surface area contributed by atoms with Crippen molar-refractivity contribution >= 4 is 27.5 Å². The van der Waals surface area contributed by atoms with Gasteiger partial charge in [-0.1, -0.05) is 74.9 Å². The zero-order chi connectivity index (χ0) is 29.4. The predicted molar refractivity (Wildman–Crippen MR) is 161 cm³/mol. The molecule has 40 heavy (non-hydrogen) atoms. The van der Waals surface area contributed by atoms with Crippen LogP contribution in [0.1, 0.15) is 49.4 Å². The molecular weight excluding hydrogens is 522 g/mol. The van der Waals surface area contributed by atoms with E-state index in [9.17, 15) is 18.0 Å².